The summed E-state index contributed by atoms with van der Waals surface area (Å²) in [6.07, 6.45) is 5.25. The third kappa shape index (κ3) is 7.05. The van der Waals surface area contributed by atoms with Gasteiger partial charge in [-0.25, -0.2) is 0 Å². The molecule has 1 aromatic carbocycles. The molecule has 2 nitrogen and oxygen atoms in total. The summed E-state index contributed by atoms with van der Waals surface area (Å²) in [7, 11) is 0. The quantitative estimate of drug-likeness (QED) is 0.569. The van der Waals surface area contributed by atoms with Gasteiger partial charge in [-0.15, -0.1) is 0 Å². The highest BCUT2D eigenvalue weighted by Gasteiger charge is 1.80. The Morgan fingerprint density at radius 1 is 1.25 bits per heavy atom. The zero-order chi connectivity index (χ0) is 12.2. The Balaban J connectivity index is 0.000000281. The fourth-order valence-electron chi connectivity index (χ4n) is 0.777. The van der Waals surface area contributed by atoms with E-state index in [2.05, 4.69) is 13.2 Å². The van der Waals surface area contributed by atoms with Gasteiger partial charge in [-0.3, -0.25) is 4.79 Å². The predicted molar refractivity (Wildman–Crippen MR) is 66.5 cm³/mol. The van der Waals surface area contributed by atoms with E-state index >= 15 is 0 Å². The number of carbonyl (C=O) groups is 1. The van der Waals surface area contributed by atoms with Gasteiger partial charge in [0.1, 0.15) is 0 Å². The molecule has 0 aliphatic rings. The van der Waals surface area contributed by atoms with Gasteiger partial charge < -0.3 is 0 Å². The zero-order valence-electron chi connectivity index (χ0n) is 8.97. The number of allylic oxidation sites excluding steroid dienone is 3. The second kappa shape index (κ2) is 9.17. The Morgan fingerprint density at radius 2 is 1.88 bits per heavy atom. The SMILES string of the molecule is C=CC(=O)C=CC#N.C=Cc1ccccc1. The van der Waals surface area contributed by atoms with E-state index in [1.165, 1.54) is 5.56 Å². The van der Waals surface area contributed by atoms with Crippen molar-refractivity contribution in [3.63, 3.8) is 0 Å². The topological polar surface area (TPSA) is 40.9 Å². The largest absolute Gasteiger partial charge is 0.290 e. The normalized spacial score (nSPS) is 8.44. The van der Waals surface area contributed by atoms with Crippen molar-refractivity contribution in [2.75, 3.05) is 0 Å². The molecule has 0 bridgehead atoms. The average Bonchev–Trinajstić information content (AvgIpc) is 2.37. The van der Waals surface area contributed by atoms with Crippen LogP contribution in [0, 0.1) is 11.3 Å². The molecule has 0 radical (unpaired) electrons. The Labute approximate surface area is 95.8 Å². The highest BCUT2D eigenvalue weighted by molar-refractivity contribution is 5.98. The number of hydrogen-bond acceptors (Lipinski definition) is 2. The second-order valence-corrected chi connectivity index (χ2v) is 2.68. The summed E-state index contributed by atoms with van der Waals surface area (Å²) in [6, 6.07) is 11.7. The summed E-state index contributed by atoms with van der Waals surface area (Å²) < 4.78 is 0. The highest BCUT2D eigenvalue weighted by Crippen LogP contribution is 1.97. The van der Waals surface area contributed by atoms with Gasteiger partial charge in [0.25, 0.3) is 0 Å². The second-order valence-electron chi connectivity index (χ2n) is 2.68. The molecule has 0 heterocycles. The van der Waals surface area contributed by atoms with Crippen molar-refractivity contribution in [2.45, 2.75) is 0 Å². The average molecular weight is 211 g/mol. The molecule has 0 fully saturated rings. The lowest BCUT2D eigenvalue weighted by Crippen LogP contribution is -1.80. The van der Waals surface area contributed by atoms with Crippen LogP contribution in [-0.4, -0.2) is 5.78 Å². The fourth-order valence-corrected chi connectivity index (χ4v) is 0.777. The number of nitriles is 1. The van der Waals surface area contributed by atoms with Gasteiger partial charge in [-0.05, 0) is 17.7 Å². The third-order valence-electron chi connectivity index (χ3n) is 1.56. The molecule has 1 aromatic rings. The minimum absolute atomic E-state index is 0.244. The van der Waals surface area contributed by atoms with Gasteiger partial charge in [0, 0.05) is 6.08 Å². The number of ketones is 1. The maximum absolute atomic E-state index is 10.2. The van der Waals surface area contributed by atoms with Gasteiger partial charge in [-0.1, -0.05) is 49.6 Å². The first-order valence-corrected chi connectivity index (χ1v) is 4.64. The minimum Gasteiger partial charge on any atom is -0.290 e. The van der Waals surface area contributed by atoms with E-state index in [0.29, 0.717) is 0 Å². The van der Waals surface area contributed by atoms with Crippen molar-refractivity contribution in [3.05, 3.63) is 67.3 Å². The van der Waals surface area contributed by atoms with E-state index in [9.17, 15) is 4.79 Å². The first kappa shape index (κ1) is 13.6. The van der Waals surface area contributed by atoms with Crippen molar-refractivity contribution in [1.82, 2.24) is 0 Å². The summed E-state index contributed by atoms with van der Waals surface area (Å²) >= 11 is 0. The molecule has 2 heteroatoms. The molecule has 0 N–H and O–H groups in total. The van der Waals surface area contributed by atoms with Gasteiger partial charge >= 0.3 is 0 Å². The van der Waals surface area contributed by atoms with Crippen molar-refractivity contribution in [1.29, 1.82) is 5.26 Å². The van der Waals surface area contributed by atoms with Gasteiger partial charge in [-0.2, -0.15) is 5.26 Å². The number of hydrogen-bond donors (Lipinski definition) is 0. The van der Waals surface area contributed by atoms with Crippen molar-refractivity contribution in [3.8, 4) is 6.07 Å². The molecule has 16 heavy (non-hydrogen) atoms. The third-order valence-corrected chi connectivity index (χ3v) is 1.56. The Kier molecular flexibility index (Phi) is 7.79. The molecule has 1 rings (SSSR count). The summed E-state index contributed by atoms with van der Waals surface area (Å²) in [5.41, 5.74) is 1.17. The minimum atomic E-state index is -0.244. The molecule has 0 atom stereocenters. The van der Waals surface area contributed by atoms with Crippen LogP contribution in [0.5, 0.6) is 0 Å². The smallest absolute Gasteiger partial charge is 0.178 e. The van der Waals surface area contributed by atoms with Crippen molar-refractivity contribution in [2.24, 2.45) is 0 Å². The summed E-state index contributed by atoms with van der Waals surface area (Å²) in [6.45, 7) is 6.83. The Bertz CT molecular complexity index is 410. The molecule has 80 valence electrons. The predicted octanol–water partition coefficient (Wildman–Crippen LogP) is 3.15. The molecule has 0 aliphatic carbocycles. The van der Waals surface area contributed by atoms with Crippen LogP contribution in [-0.2, 0) is 4.79 Å². The Hall–Kier alpha value is -2.40. The fraction of sp³-hybridized carbons (Fsp3) is 0. The van der Waals surface area contributed by atoms with Gasteiger partial charge in [0.05, 0.1) is 6.07 Å². The number of benzene rings is 1. The molecular formula is C14H13NO. The van der Waals surface area contributed by atoms with E-state index in [-0.39, 0.29) is 5.78 Å². The van der Waals surface area contributed by atoms with E-state index in [0.717, 1.165) is 18.2 Å². The van der Waals surface area contributed by atoms with Crippen LogP contribution in [0.1, 0.15) is 5.56 Å². The molecule has 0 spiro atoms. The number of rotatable bonds is 3. The summed E-state index contributed by atoms with van der Waals surface area (Å²) in [5, 5.41) is 7.89. The summed E-state index contributed by atoms with van der Waals surface area (Å²) in [5.74, 6) is -0.244. The lowest BCUT2D eigenvalue weighted by molar-refractivity contribution is -0.110. The standard InChI is InChI=1S/C8H8.C6H5NO/c1-2-8-6-4-3-5-7-8;1-2-6(8)4-3-5-7/h2-7H,1H2;2-4H,1H2. The van der Waals surface area contributed by atoms with Crippen LogP contribution < -0.4 is 0 Å². The lowest BCUT2D eigenvalue weighted by Gasteiger charge is -1.85. The van der Waals surface area contributed by atoms with E-state index in [4.69, 9.17) is 5.26 Å². The molecule has 0 aliphatic heterocycles. The first-order chi connectivity index (χ1) is 7.74. The van der Waals surface area contributed by atoms with E-state index in [1.807, 2.05) is 36.4 Å². The van der Waals surface area contributed by atoms with Crippen LogP contribution >= 0.6 is 0 Å². The summed E-state index contributed by atoms with van der Waals surface area (Å²) in [4.78, 5) is 10.2. The maximum atomic E-state index is 10.2. The van der Waals surface area contributed by atoms with E-state index < -0.39 is 0 Å². The van der Waals surface area contributed by atoms with Crippen molar-refractivity contribution < 1.29 is 4.79 Å². The van der Waals surface area contributed by atoms with Crippen LogP contribution in [0.25, 0.3) is 6.08 Å². The van der Waals surface area contributed by atoms with Crippen LogP contribution in [0.3, 0.4) is 0 Å². The van der Waals surface area contributed by atoms with Gasteiger partial charge in [0.2, 0.25) is 0 Å². The van der Waals surface area contributed by atoms with Crippen molar-refractivity contribution >= 4 is 11.9 Å². The molecular weight excluding hydrogens is 198 g/mol. The number of carbonyl (C=O) groups excluding carboxylic acids is 1. The monoisotopic (exact) mass is 211 g/mol. The molecule has 0 amide bonds. The van der Waals surface area contributed by atoms with Crippen LogP contribution in [0.15, 0.2) is 61.7 Å². The molecule has 0 saturated heterocycles. The van der Waals surface area contributed by atoms with E-state index in [1.54, 1.807) is 6.07 Å². The first-order valence-electron chi connectivity index (χ1n) is 4.64. The van der Waals surface area contributed by atoms with Crippen LogP contribution in [0.2, 0.25) is 0 Å². The Morgan fingerprint density at radius 3 is 2.25 bits per heavy atom. The van der Waals surface area contributed by atoms with Gasteiger partial charge in [0.15, 0.2) is 5.78 Å². The molecule has 0 saturated carbocycles. The lowest BCUT2D eigenvalue weighted by atomic mass is 10.2. The highest BCUT2D eigenvalue weighted by atomic mass is 16.1. The maximum Gasteiger partial charge on any atom is 0.178 e. The zero-order valence-corrected chi connectivity index (χ0v) is 8.97. The molecule has 0 unspecified atom stereocenters. The van der Waals surface area contributed by atoms with Crippen LogP contribution in [0.4, 0.5) is 0 Å². The molecule has 0 aromatic heterocycles. The number of nitrogens with zero attached hydrogens (tertiary/aromatic N) is 1.